The molecule has 1 atom stereocenters. The number of methoxy groups -OCH3 is 1. The maximum absolute atomic E-state index is 6.15. The van der Waals surface area contributed by atoms with Gasteiger partial charge in [0.15, 0.2) is 0 Å². The van der Waals surface area contributed by atoms with Gasteiger partial charge in [0.1, 0.15) is 17.1 Å². The van der Waals surface area contributed by atoms with Crippen molar-refractivity contribution >= 4 is 6.08 Å². The molecule has 0 amide bonds. The zero-order valence-corrected chi connectivity index (χ0v) is 12.2. The van der Waals surface area contributed by atoms with Gasteiger partial charge in [-0.25, -0.2) is 0 Å². The molecule has 2 nitrogen and oxygen atoms in total. The van der Waals surface area contributed by atoms with Gasteiger partial charge in [0, 0.05) is 0 Å². The summed E-state index contributed by atoms with van der Waals surface area (Å²) in [5.41, 5.74) is 2.15. The molecule has 19 heavy (non-hydrogen) atoms. The molecule has 0 radical (unpaired) electrons. The molecule has 102 valence electrons. The second-order valence-corrected chi connectivity index (χ2v) is 5.44. The van der Waals surface area contributed by atoms with Gasteiger partial charge in [-0.3, -0.25) is 0 Å². The van der Waals surface area contributed by atoms with E-state index in [1.807, 2.05) is 18.2 Å². The van der Waals surface area contributed by atoms with Crippen LogP contribution in [0.1, 0.15) is 39.2 Å². The lowest BCUT2D eigenvalue weighted by molar-refractivity contribution is 0.128. The fourth-order valence-corrected chi connectivity index (χ4v) is 2.28. The monoisotopic (exact) mass is 258 g/mol. The highest BCUT2D eigenvalue weighted by molar-refractivity contribution is 5.67. The van der Waals surface area contributed by atoms with Gasteiger partial charge in [0.2, 0.25) is 0 Å². The lowest BCUT2D eigenvalue weighted by atomic mass is 9.94. The molecule has 0 spiro atoms. The predicted molar refractivity (Wildman–Crippen MR) is 79.7 cm³/mol. The normalized spacial score (nSPS) is 20.4. The van der Waals surface area contributed by atoms with E-state index in [0.717, 1.165) is 29.9 Å². The molecule has 0 saturated carbocycles. The van der Waals surface area contributed by atoms with Gasteiger partial charge in [-0.2, -0.15) is 0 Å². The molecule has 0 bridgehead atoms. The Bertz CT molecular complexity index is 510. The van der Waals surface area contributed by atoms with Crippen molar-refractivity contribution in [1.82, 2.24) is 0 Å². The largest absolute Gasteiger partial charge is 0.496 e. The Labute approximate surface area is 115 Å². The van der Waals surface area contributed by atoms with E-state index >= 15 is 0 Å². The van der Waals surface area contributed by atoms with Gasteiger partial charge >= 0.3 is 0 Å². The summed E-state index contributed by atoms with van der Waals surface area (Å²) in [5, 5.41) is 0. The summed E-state index contributed by atoms with van der Waals surface area (Å²) in [6, 6.07) is 5.92. The molecule has 0 saturated heterocycles. The Morgan fingerprint density at radius 1 is 1.37 bits per heavy atom. The van der Waals surface area contributed by atoms with Gasteiger partial charge < -0.3 is 9.47 Å². The number of fused-ring (bicyclic) bond motifs is 1. The molecular weight excluding hydrogens is 236 g/mol. The molecule has 2 heteroatoms. The quantitative estimate of drug-likeness (QED) is 0.734. The van der Waals surface area contributed by atoms with Crippen molar-refractivity contribution in [1.29, 1.82) is 0 Å². The topological polar surface area (TPSA) is 18.5 Å². The van der Waals surface area contributed by atoms with Crippen molar-refractivity contribution < 1.29 is 9.47 Å². The minimum Gasteiger partial charge on any atom is -0.496 e. The van der Waals surface area contributed by atoms with Crippen LogP contribution in [0.25, 0.3) is 6.08 Å². The van der Waals surface area contributed by atoms with Crippen molar-refractivity contribution in [2.75, 3.05) is 7.11 Å². The second kappa shape index (κ2) is 5.52. The summed E-state index contributed by atoms with van der Waals surface area (Å²) in [5.74, 6) is 1.77. The van der Waals surface area contributed by atoms with E-state index in [9.17, 15) is 0 Å². The fraction of sp³-hybridized carbons (Fsp3) is 0.412. The van der Waals surface area contributed by atoms with E-state index in [4.69, 9.17) is 9.47 Å². The van der Waals surface area contributed by atoms with Crippen molar-refractivity contribution in [3.63, 3.8) is 0 Å². The first-order valence-corrected chi connectivity index (χ1v) is 6.73. The van der Waals surface area contributed by atoms with E-state index < -0.39 is 0 Å². The van der Waals surface area contributed by atoms with Crippen LogP contribution in [0.2, 0.25) is 0 Å². The molecule has 0 fully saturated rings. The van der Waals surface area contributed by atoms with Gasteiger partial charge in [-0.1, -0.05) is 17.7 Å². The van der Waals surface area contributed by atoms with E-state index in [1.165, 1.54) is 5.57 Å². The molecule has 0 aliphatic carbocycles. The molecule has 1 aromatic carbocycles. The van der Waals surface area contributed by atoms with Crippen LogP contribution in [0, 0.1) is 0 Å². The van der Waals surface area contributed by atoms with Gasteiger partial charge in [-0.05, 0) is 57.9 Å². The third-order valence-corrected chi connectivity index (χ3v) is 3.39. The van der Waals surface area contributed by atoms with Gasteiger partial charge in [0.05, 0.1) is 12.7 Å². The maximum atomic E-state index is 6.15. The summed E-state index contributed by atoms with van der Waals surface area (Å²) in [6.45, 7) is 6.38. The molecule has 1 aliphatic rings. The highest BCUT2D eigenvalue weighted by Gasteiger charge is 2.27. The van der Waals surface area contributed by atoms with Crippen LogP contribution >= 0.6 is 0 Å². The van der Waals surface area contributed by atoms with E-state index in [-0.39, 0.29) is 5.60 Å². The van der Waals surface area contributed by atoms with Crippen molar-refractivity contribution in [3.8, 4) is 11.5 Å². The molecule has 1 unspecified atom stereocenters. The van der Waals surface area contributed by atoms with Crippen LogP contribution in [-0.4, -0.2) is 12.7 Å². The van der Waals surface area contributed by atoms with Crippen LogP contribution in [0.3, 0.4) is 0 Å². The van der Waals surface area contributed by atoms with Crippen molar-refractivity contribution in [2.45, 2.75) is 39.2 Å². The molecule has 0 aromatic heterocycles. The van der Waals surface area contributed by atoms with Crippen LogP contribution < -0.4 is 9.47 Å². The first-order valence-electron chi connectivity index (χ1n) is 6.73. The number of benzene rings is 1. The third kappa shape index (κ3) is 3.19. The van der Waals surface area contributed by atoms with Crippen molar-refractivity contribution in [3.05, 3.63) is 41.5 Å². The van der Waals surface area contributed by atoms with Gasteiger partial charge in [-0.15, -0.1) is 0 Å². The predicted octanol–water partition coefficient (Wildman–Crippen LogP) is 4.61. The molecular formula is C17H22O2. The number of rotatable bonds is 4. The Balaban J connectivity index is 2.16. The van der Waals surface area contributed by atoms with E-state index in [2.05, 4.69) is 39.0 Å². The zero-order valence-electron chi connectivity index (χ0n) is 12.2. The SMILES string of the molecule is COc1cccc2c1C=CC(C)(CCC=C(C)C)O2. The maximum Gasteiger partial charge on any atom is 0.131 e. The molecule has 1 aliphatic heterocycles. The van der Waals surface area contributed by atoms with E-state index in [0.29, 0.717) is 0 Å². The van der Waals surface area contributed by atoms with Gasteiger partial charge in [0.25, 0.3) is 0 Å². The first kappa shape index (κ1) is 13.7. The van der Waals surface area contributed by atoms with Crippen LogP contribution in [-0.2, 0) is 0 Å². The fourth-order valence-electron chi connectivity index (χ4n) is 2.28. The lowest BCUT2D eigenvalue weighted by Gasteiger charge is -2.32. The van der Waals surface area contributed by atoms with Crippen LogP contribution in [0.15, 0.2) is 35.9 Å². The minimum absolute atomic E-state index is 0.231. The highest BCUT2D eigenvalue weighted by atomic mass is 16.5. The minimum atomic E-state index is -0.231. The first-order chi connectivity index (χ1) is 9.04. The standard InChI is InChI=1S/C17H22O2/c1-13(2)7-6-11-17(3)12-10-14-15(18-4)8-5-9-16(14)19-17/h5,7-10,12H,6,11H2,1-4H3. The smallest absolute Gasteiger partial charge is 0.131 e. The highest BCUT2D eigenvalue weighted by Crippen LogP contribution is 2.38. The summed E-state index contributed by atoms with van der Waals surface area (Å²) in [4.78, 5) is 0. The lowest BCUT2D eigenvalue weighted by Crippen LogP contribution is -2.31. The van der Waals surface area contributed by atoms with Crippen LogP contribution in [0.5, 0.6) is 11.5 Å². The average Bonchev–Trinajstić information content (AvgIpc) is 2.37. The number of hydrogen-bond donors (Lipinski definition) is 0. The number of hydrogen-bond acceptors (Lipinski definition) is 2. The molecule has 2 rings (SSSR count). The van der Waals surface area contributed by atoms with Crippen LogP contribution in [0.4, 0.5) is 0 Å². The summed E-state index contributed by atoms with van der Waals surface area (Å²) < 4.78 is 11.5. The Morgan fingerprint density at radius 2 is 2.16 bits per heavy atom. The Hall–Kier alpha value is -1.70. The summed E-state index contributed by atoms with van der Waals surface area (Å²) in [6.07, 6.45) is 8.51. The Kier molecular flexibility index (Phi) is 3.98. The molecule has 0 N–H and O–H groups in total. The average molecular weight is 258 g/mol. The summed E-state index contributed by atoms with van der Waals surface area (Å²) in [7, 11) is 1.69. The molecule has 1 aromatic rings. The Morgan fingerprint density at radius 3 is 2.84 bits per heavy atom. The molecule has 1 heterocycles. The van der Waals surface area contributed by atoms with Crippen molar-refractivity contribution in [2.24, 2.45) is 0 Å². The number of ether oxygens (including phenoxy) is 2. The second-order valence-electron chi connectivity index (χ2n) is 5.44. The van der Waals surface area contributed by atoms with E-state index in [1.54, 1.807) is 7.11 Å². The zero-order chi connectivity index (χ0) is 13.9. The summed E-state index contributed by atoms with van der Waals surface area (Å²) >= 11 is 0. The third-order valence-electron chi connectivity index (χ3n) is 3.39. The number of allylic oxidation sites excluding steroid dienone is 2.